The molecule has 1 N–H and O–H groups in total. The summed E-state index contributed by atoms with van der Waals surface area (Å²) in [5.74, 6) is -1.22. The van der Waals surface area contributed by atoms with Gasteiger partial charge in [0.1, 0.15) is 12.0 Å². The van der Waals surface area contributed by atoms with E-state index in [0.29, 0.717) is 22.3 Å². The molecule has 0 saturated carbocycles. The van der Waals surface area contributed by atoms with Crippen LogP contribution in [-0.2, 0) is 11.2 Å². The quantitative estimate of drug-likeness (QED) is 0.861. The Morgan fingerprint density at radius 1 is 1.41 bits per heavy atom. The zero-order chi connectivity index (χ0) is 16.3. The Bertz CT molecular complexity index is 764. The highest BCUT2D eigenvalue weighted by atomic mass is 19.1. The number of benzene rings is 1. The van der Waals surface area contributed by atoms with Crippen molar-refractivity contribution in [2.75, 3.05) is 0 Å². The Labute approximate surface area is 128 Å². The molecule has 112 valence electrons. The van der Waals surface area contributed by atoms with Crippen molar-refractivity contribution in [3.63, 3.8) is 0 Å². The van der Waals surface area contributed by atoms with Gasteiger partial charge in [-0.05, 0) is 52.4 Å². The van der Waals surface area contributed by atoms with Crippen LogP contribution in [0, 0.1) is 12.4 Å². The normalized spacial score (nSPS) is 10.5. The zero-order valence-corrected chi connectivity index (χ0v) is 12.3. The average molecular weight is 298 g/mol. The molecule has 0 spiro atoms. The minimum Gasteiger partial charge on any atom is -0.481 e. The zero-order valence-electron chi connectivity index (χ0n) is 12.3. The summed E-state index contributed by atoms with van der Waals surface area (Å²) in [6.45, 7) is 10.8. The molecule has 0 unspecified atom stereocenters. The minimum absolute atomic E-state index is 0.00836. The van der Waals surface area contributed by atoms with Gasteiger partial charge in [-0.25, -0.2) is 4.39 Å². The summed E-state index contributed by atoms with van der Waals surface area (Å²) in [5.41, 5.74) is 2.33. The van der Waals surface area contributed by atoms with E-state index in [2.05, 4.69) is 9.83 Å². The summed E-state index contributed by atoms with van der Waals surface area (Å²) in [6, 6.07) is 5.88. The molecule has 5 heteroatoms. The van der Waals surface area contributed by atoms with Crippen LogP contribution in [0.15, 0.2) is 30.5 Å². The molecule has 0 atom stereocenters. The summed E-state index contributed by atoms with van der Waals surface area (Å²) in [7, 11) is 0. The number of rotatable bonds is 4. The predicted molar refractivity (Wildman–Crippen MR) is 81.3 cm³/mol. The number of halogens is 1. The van der Waals surface area contributed by atoms with Gasteiger partial charge in [-0.15, -0.1) is 4.98 Å². The highest BCUT2D eigenvalue weighted by Crippen LogP contribution is 2.33. The van der Waals surface area contributed by atoms with Crippen molar-refractivity contribution in [3.05, 3.63) is 58.8 Å². The second-order valence-corrected chi connectivity index (χ2v) is 5.26. The molecule has 2 aromatic rings. The van der Waals surface area contributed by atoms with E-state index in [1.807, 2.05) is 13.8 Å². The number of carboxylic acid groups (broad SMARTS) is 1. The molecule has 0 aliphatic carbocycles. The van der Waals surface area contributed by atoms with Gasteiger partial charge in [0.15, 0.2) is 0 Å². The number of carboxylic acids is 1. The number of aromatic nitrogens is 1. The van der Waals surface area contributed by atoms with Gasteiger partial charge in [-0.1, -0.05) is 20.4 Å². The van der Waals surface area contributed by atoms with E-state index >= 15 is 0 Å². The highest BCUT2D eigenvalue weighted by Gasteiger charge is 2.18. The van der Waals surface area contributed by atoms with Crippen molar-refractivity contribution in [2.45, 2.75) is 26.2 Å². The third-order valence-corrected chi connectivity index (χ3v) is 3.37. The van der Waals surface area contributed by atoms with Gasteiger partial charge >= 0.3 is 5.97 Å². The molecule has 0 radical (unpaired) electrons. The topological polar surface area (TPSA) is 54.5 Å². The smallest absolute Gasteiger partial charge is 0.307 e. The largest absolute Gasteiger partial charge is 0.481 e. The number of pyridine rings is 1. The Balaban J connectivity index is 2.72. The van der Waals surface area contributed by atoms with Gasteiger partial charge in [0.05, 0.1) is 6.42 Å². The Hall–Kier alpha value is -2.74. The lowest BCUT2D eigenvalue weighted by Gasteiger charge is -2.17. The summed E-state index contributed by atoms with van der Waals surface area (Å²) < 4.78 is 14.0. The molecule has 0 aliphatic heterocycles. The van der Waals surface area contributed by atoms with Crippen LogP contribution >= 0.6 is 0 Å². The lowest BCUT2D eigenvalue weighted by Crippen LogP contribution is -2.07. The minimum atomic E-state index is -0.978. The molecule has 22 heavy (non-hydrogen) atoms. The Morgan fingerprint density at radius 2 is 2.14 bits per heavy atom. The lowest BCUT2D eigenvalue weighted by atomic mass is 9.88. The van der Waals surface area contributed by atoms with Gasteiger partial charge < -0.3 is 9.95 Å². The molecule has 0 bridgehead atoms. The van der Waals surface area contributed by atoms with Gasteiger partial charge in [-0.3, -0.25) is 4.79 Å². The Kier molecular flexibility index (Phi) is 4.52. The molecule has 1 aromatic heterocycles. The maximum atomic E-state index is 14.0. The molecule has 0 aliphatic rings. The number of hydrogen-bond donors (Lipinski definition) is 1. The standard InChI is InChI=1S/C17H15FN2O2/c1-10(2)13-7-12(18)8-14(15(13)9-17(21)22)11-4-5-20-16(6-11)19-3/h4-8,10H,9H2,1-2H3,(H,21,22). The van der Waals surface area contributed by atoms with E-state index in [0.717, 1.165) is 0 Å². The molecule has 0 amide bonds. The van der Waals surface area contributed by atoms with E-state index in [1.54, 1.807) is 6.07 Å². The SMILES string of the molecule is [C-]#[N+]c1cc(-c2cc(F)cc(C(C)C)c2CC(=O)O)ccn1. The van der Waals surface area contributed by atoms with Gasteiger partial charge in [-0.2, -0.15) is 0 Å². The lowest BCUT2D eigenvalue weighted by molar-refractivity contribution is -0.136. The van der Waals surface area contributed by atoms with E-state index in [4.69, 9.17) is 11.7 Å². The molecule has 1 aromatic carbocycles. The molecule has 0 saturated heterocycles. The van der Waals surface area contributed by atoms with Crippen LogP contribution in [0.1, 0.15) is 30.9 Å². The predicted octanol–water partition coefficient (Wildman–Crippen LogP) is 4.19. The molecule has 1 heterocycles. The van der Waals surface area contributed by atoms with Gasteiger partial charge in [0.2, 0.25) is 0 Å². The number of carbonyl (C=O) groups is 1. The van der Waals surface area contributed by atoms with Crippen molar-refractivity contribution < 1.29 is 14.3 Å². The number of hydrogen-bond acceptors (Lipinski definition) is 2. The average Bonchev–Trinajstić information content (AvgIpc) is 2.48. The van der Waals surface area contributed by atoms with Crippen molar-refractivity contribution >= 4 is 11.8 Å². The van der Waals surface area contributed by atoms with E-state index in [-0.39, 0.29) is 18.2 Å². The van der Waals surface area contributed by atoms with Crippen LogP contribution in [0.2, 0.25) is 0 Å². The summed E-state index contributed by atoms with van der Waals surface area (Å²) in [4.78, 5) is 18.3. The van der Waals surface area contributed by atoms with Crippen LogP contribution in [0.5, 0.6) is 0 Å². The highest BCUT2D eigenvalue weighted by molar-refractivity contribution is 5.78. The van der Waals surface area contributed by atoms with Crippen molar-refractivity contribution in [2.24, 2.45) is 0 Å². The molecular formula is C17H15FN2O2. The summed E-state index contributed by atoms with van der Waals surface area (Å²) in [6.07, 6.45) is 1.27. The fourth-order valence-corrected chi connectivity index (χ4v) is 2.43. The van der Waals surface area contributed by atoms with Crippen molar-refractivity contribution in [1.82, 2.24) is 4.98 Å². The van der Waals surface area contributed by atoms with Crippen molar-refractivity contribution in [3.8, 4) is 11.1 Å². The van der Waals surface area contributed by atoms with Crippen LogP contribution in [0.3, 0.4) is 0 Å². The Morgan fingerprint density at radius 3 is 2.73 bits per heavy atom. The number of aliphatic carboxylic acids is 1. The second-order valence-electron chi connectivity index (χ2n) is 5.26. The fourth-order valence-electron chi connectivity index (χ4n) is 2.43. The van der Waals surface area contributed by atoms with Crippen LogP contribution in [0.25, 0.3) is 16.0 Å². The van der Waals surface area contributed by atoms with Gasteiger partial charge in [0, 0.05) is 0 Å². The summed E-state index contributed by atoms with van der Waals surface area (Å²) >= 11 is 0. The molecule has 0 fully saturated rings. The first kappa shape index (κ1) is 15.6. The van der Waals surface area contributed by atoms with Crippen LogP contribution < -0.4 is 0 Å². The van der Waals surface area contributed by atoms with E-state index in [9.17, 15) is 9.18 Å². The summed E-state index contributed by atoms with van der Waals surface area (Å²) in [5, 5.41) is 9.16. The maximum absolute atomic E-state index is 14.0. The first-order valence-corrected chi connectivity index (χ1v) is 6.80. The van der Waals surface area contributed by atoms with E-state index < -0.39 is 11.8 Å². The molecular weight excluding hydrogens is 283 g/mol. The van der Waals surface area contributed by atoms with Crippen LogP contribution in [-0.4, -0.2) is 16.1 Å². The third kappa shape index (κ3) is 3.29. The molecule has 2 rings (SSSR count). The molecule has 4 nitrogen and oxygen atoms in total. The number of nitrogens with zero attached hydrogens (tertiary/aromatic N) is 2. The first-order chi connectivity index (χ1) is 10.4. The monoisotopic (exact) mass is 298 g/mol. The first-order valence-electron chi connectivity index (χ1n) is 6.80. The van der Waals surface area contributed by atoms with Gasteiger partial charge in [0.25, 0.3) is 5.82 Å². The third-order valence-electron chi connectivity index (χ3n) is 3.37. The van der Waals surface area contributed by atoms with E-state index in [1.165, 1.54) is 24.4 Å². The van der Waals surface area contributed by atoms with Crippen LogP contribution in [0.4, 0.5) is 10.2 Å². The maximum Gasteiger partial charge on any atom is 0.307 e. The van der Waals surface area contributed by atoms with Crippen molar-refractivity contribution in [1.29, 1.82) is 0 Å². The second kappa shape index (κ2) is 6.35. The fraction of sp³-hybridized carbons (Fsp3) is 0.235.